The summed E-state index contributed by atoms with van der Waals surface area (Å²) in [5, 5.41) is 30.0. The lowest BCUT2D eigenvalue weighted by molar-refractivity contribution is -0.873. The fourth-order valence-electron chi connectivity index (χ4n) is 0.108. The van der Waals surface area contributed by atoms with Gasteiger partial charge in [-0.05, 0) is 0 Å². The van der Waals surface area contributed by atoms with Gasteiger partial charge in [0.2, 0.25) is 10.4 Å². The lowest BCUT2D eigenvalue weighted by atomic mass is 12.4. The fraction of sp³-hybridized carbons (Fsp3) is 0. The summed E-state index contributed by atoms with van der Waals surface area (Å²) in [4.78, 5) is 2.98. The number of hydrogen-bond acceptors (Lipinski definition) is 4. The topological polar surface area (TPSA) is 143 Å². The summed E-state index contributed by atoms with van der Waals surface area (Å²) < 4.78 is 0. The molecule has 0 aliphatic heterocycles. The molecule has 3 N–H and O–H groups in total. The third-order valence-corrected chi connectivity index (χ3v) is 0.315. The molecule has 56 valence electrons. The fourth-order valence-corrected chi connectivity index (χ4v) is 0.108. The Balaban J connectivity index is 3.70. The molecule has 0 aliphatic carbocycles. The molecule has 0 atom stereocenters. The van der Waals surface area contributed by atoms with Crippen molar-refractivity contribution in [2.24, 2.45) is 32.0 Å². The van der Waals surface area contributed by atoms with E-state index in [1.54, 1.807) is 0 Å². The van der Waals surface area contributed by atoms with Crippen LogP contribution in [0.4, 0.5) is 0 Å². The second kappa shape index (κ2) is 5.30. The molecule has 0 heterocycles. The molecule has 0 aromatic rings. The number of rotatable bonds is 3. The van der Waals surface area contributed by atoms with Crippen molar-refractivity contribution in [2.75, 3.05) is 0 Å². The van der Waals surface area contributed by atoms with Gasteiger partial charge >= 0.3 is 0 Å². The van der Waals surface area contributed by atoms with Crippen LogP contribution < -0.4 is 5.84 Å². The van der Waals surface area contributed by atoms with E-state index in [2.05, 4.69) is 36.9 Å². The van der Waals surface area contributed by atoms with Crippen LogP contribution in [0, 0.1) is 5.21 Å². The van der Waals surface area contributed by atoms with Gasteiger partial charge in [-0.25, -0.2) is 0 Å². The van der Waals surface area contributed by atoms with E-state index in [1.807, 2.05) is 0 Å². The van der Waals surface area contributed by atoms with Gasteiger partial charge in [0.1, 0.15) is 5.22 Å². The molecule has 0 radical (unpaired) electrons. The number of nitrogens with zero attached hydrogens (tertiary/aromatic N) is 6. The highest BCUT2D eigenvalue weighted by Gasteiger charge is 1.84. The van der Waals surface area contributed by atoms with Gasteiger partial charge < -0.3 is 16.0 Å². The van der Waals surface area contributed by atoms with Crippen LogP contribution in [0.25, 0.3) is 0 Å². The molecule has 0 bridgehead atoms. The minimum absolute atomic E-state index is 0.602. The van der Waals surface area contributed by atoms with Crippen molar-refractivity contribution in [3.05, 3.63) is 5.21 Å². The van der Waals surface area contributed by atoms with Crippen LogP contribution in [0.15, 0.2) is 26.1 Å². The molecule has 10 heteroatoms. The van der Waals surface area contributed by atoms with Crippen molar-refractivity contribution < 1.29 is 15.3 Å². The lowest BCUT2D eigenvalue weighted by Crippen LogP contribution is -1.95. The monoisotopic (exact) mass is 149 g/mol. The smallest absolute Gasteiger partial charge is 0.230 e. The van der Waals surface area contributed by atoms with E-state index in [9.17, 15) is 5.21 Å². The van der Waals surface area contributed by atoms with E-state index in [0.29, 0.717) is 0 Å². The van der Waals surface area contributed by atoms with Crippen LogP contribution in [0.1, 0.15) is 0 Å². The van der Waals surface area contributed by atoms with E-state index < -0.39 is 5.02 Å². The van der Waals surface area contributed by atoms with Gasteiger partial charge in [-0.3, -0.25) is 5.26 Å². The van der Waals surface area contributed by atoms with Crippen molar-refractivity contribution in [3.63, 3.8) is 0 Å². The van der Waals surface area contributed by atoms with Crippen molar-refractivity contribution >= 4 is 0 Å². The van der Waals surface area contributed by atoms with Gasteiger partial charge in [0.05, 0.1) is 5.02 Å². The van der Waals surface area contributed by atoms with Gasteiger partial charge in [0.15, 0.2) is 0 Å². The second-order valence-electron chi connectivity index (χ2n) is 0.793. The first kappa shape index (κ1) is 8.16. The largest absolute Gasteiger partial charge is 0.337 e. The molecule has 10 nitrogen and oxygen atoms in total. The molecular formula is H3N7O3. The van der Waals surface area contributed by atoms with Gasteiger partial charge in [-0.15, -0.1) is 0 Å². The molecule has 0 spiro atoms. The molecule has 10 heavy (non-hydrogen) atoms. The maximum Gasteiger partial charge on any atom is 0.230 e. The summed E-state index contributed by atoms with van der Waals surface area (Å²) in [6.07, 6.45) is 0. The van der Waals surface area contributed by atoms with Gasteiger partial charge in [-0.1, -0.05) is 5.22 Å². The summed E-state index contributed by atoms with van der Waals surface area (Å²) >= 11 is 0. The summed E-state index contributed by atoms with van der Waals surface area (Å²) in [6, 6.07) is 0. The summed E-state index contributed by atoms with van der Waals surface area (Å²) in [6.45, 7) is 0. The summed E-state index contributed by atoms with van der Waals surface area (Å²) in [5.41, 5.74) is 0. The van der Waals surface area contributed by atoms with Crippen LogP contribution in [-0.2, 0) is 4.99 Å². The zero-order valence-electron chi connectivity index (χ0n) is 4.52. The third-order valence-electron chi connectivity index (χ3n) is 0.315. The maximum atomic E-state index is 9.80. The van der Waals surface area contributed by atoms with Crippen molar-refractivity contribution in [3.8, 4) is 0 Å². The molecule has 0 unspecified atom stereocenters. The lowest BCUT2D eigenvalue weighted by Gasteiger charge is -1.90. The normalized spacial score (nSPS) is 13.1. The average Bonchev–Trinajstić information content (AvgIpc) is 1.98. The highest BCUT2D eigenvalue weighted by molar-refractivity contribution is 4.00. The second-order valence-corrected chi connectivity index (χ2v) is 0.793. The zero-order chi connectivity index (χ0) is 7.82. The molecule has 0 saturated heterocycles. The van der Waals surface area contributed by atoms with E-state index in [-0.39, 0.29) is 0 Å². The average molecular weight is 149 g/mol. The van der Waals surface area contributed by atoms with E-state index in [4.69, 9.17) is 5.26 Å². The Morgan fingerprint density at radius 1 is 1.40 bits per heavy atom. The van der Waals surface area contributed by atoms with Crippen LogP contribution in [0.5, 0.6) is 0 Å². The van der Waals surface area contributed by atoms with Crippen molar-refractivity contribution in [2.45, 2.75) is 0 Å². The Morgan fingerprint density at radius 2 is 2.10 bits per heavy atom. The van der Waals surface area contributed by atoms with Crippen molar-refractivity contribution in [1.82, 2.24) is 0 Å². The number of nitrogens with two attached hydrogens (primary N) is 1. The Labute approximate surface area is 53.7 Å². The van der Waals surface area contributed by atoms with Crippen LogP contribution in [0.3, 0.4) is 0 Å². The van der Waals surface area contributed by atoms with Crippen LogP contribution in [-0.4, -0.2) is 10.3 Å². The Bertz CT molecular complexity index is 156. The Morgan fingerprint density at radius 3 is 2.60 bits per heavy atom. The number of hydrogen-bond donors (Lipinski definition) is 2. The van der Waals surface area contributed by atoms with Crippen molar-refractivity contribution in [1.29, 1.82) is 0 Å². The van der Waals surface area contributed by atoms with Gasteiger partial charge in [0, 0.05) is 5.22 Å². The molecule has 0 aliphatic rings. The molecule has 0 aromatic carbocycles. The standard InChI is InChI=1S/H3N7O3/c1-2-3-4-5-6-7(8)10-9/h9H,(H2,1,3,5)/b7-6+. The molecule has 0 fully saturated rings. The predicted octanol–water partition coefficient (Wildman–Crippen LogP) is -0.0384. The van der Waals surface area contributed by atoms with Gasteiger partial charge in [-0.2, -0.15) is 0 Å². The third kappa shape index (κ3) is 4.32. The van der Waals surface area contributed by atoms with Crippen LogP contribution >= 0.6 is 0 Å². The first-order valence-electron chi connectivity index (χ1n) is 1.81. The molecule has 0 saturated carbocycles. The first-order chi connectivity index (χ1) is 4.81. The van der Waals surface area contributed by atoms with E-state index in [0.717, 1.165) is 0 Å². The zero-order valence-corrected chi connectivity index (χ0v) is 4.52. The Kier molecular flexibility index (Phi) is 4.32. The highest BCUT2D eigenvalue weighted by atomic mass is 17.2. The van der Waals surface area contributed by atoms with E-state index in [1.165, 1.54) is 0 Å². The maximum absolute atomic E-state index is 9.80. The minimum Gasteiger partial charge on any atom is -0.337 e. The van der Waals surface area contributed by atoms with Gasteiger partial charge in [0.25, 0.3) is 0 Å². The highest BCUT2D eigenvalue weighted by Crippen LogP contribution is 1.80. The Hall–Kier alpha value is -1.84. The molecule has 0 rings (SSSR count). The molecule has 0 aromatic heterocycles. The summed E-state index contributed by atoms with van der Waals surface area (Å²) in [7, 11) is 0. The summed E-state index contributed by atoms with van der Waals surface area (Å²) in [5.74, 6) is 4.47. The van der Waals surface area contributed by atoms with E-state index >= 15 is 0 Å². The predicted molar refractivity (Wildman–Crippen MR) is 23.7 cm³/mol. The molecule has 0 amide bonds. The SMILES string of the molecule is N/N=N/N=N/N=[N+](\[O-])OO. The molecular weight excluding hydrogens is 146 g/mol. The minimum atomic E-state index is -0.602. The first-order valence-corrected chi connectivity index (χ1v) is 1.81. The van der Waals surface area contributed by atoms with Crippen LogP contribution in [0.2, 0.25) is 0 Å². The quantitative estimate of drug-likeness (QED) is 0.251.